The molecule has 164 valence electrons. The zero-order valence-corrected chi connectivity index (χ0v) is 22.7. The average Bonchev–Trinajstić information content (AvgIpc) is 3.36. The van der Waals surface area contributed by atoms with Gasteiger partial charge in [0.15, 0.2) is 16.6 Å². The summed E-state index contributed by atoms with van der Waals surface area (Å²) in [5, 5.41) is 0. The van der Waals surface area contributed by atoms with Crippen molar-refractivity contribution in [2.24, 2.45) is 35.5 Å². The van der Waals surface area contributed by atoms with Crippen molar-refractivity contribution in [3.8, 4) is 0 Å². The molecule has 0 amide bonds. The minimum absolute atomic E-state index is 0.873. The lowest BCUT2D eigenvalue weighted by Crippen LogP contribution is -2.52. The van der Waals surface area contributed by atoms with Gasteiger partial charge in [0.2, 0.25) is 0 Å². The lowest BCUT2D eigenvalue weighted by atomic mass is 9.91. The van der Waals surface area contributed by atoms with Gasteiger partial charge in [0.25, 0.3) is 0 Å². The van der Waals surface area contributed by atoms with Gasteiger partial charge in [-0.2, -0.15) is 0 Å². The predicted molar refractivity (Wildman–Crippen MR) is 131 cm³/mol. The van der Waals surface area contributed by atoms with Gasteiger partial charge in [-0.15, -0.1) is 0 Å². The molecule has 4 bridgehead atoms. The Morgan fingerprint density at radius 2 is 1.03 bits per heavy atom. The maximum absolute atomic E-state index is 6.88. The van der Waals surface area contributed by atoms with E-state index in [1.807, 2.05) is 0 Å². The van der Waals surface area contributed by atoms with Gasteiger partial charge in [-0.3, -0.25) is 0 Å². The second kappa shape index (κ2) is 8.19. The fourth-order valence-corrected chi connectivity index (χ4v) is 21.1. The van der Waals surface area contributed by atoms with Crippen LogP contribution in [0.25, 0.3) is 0 Å². The van der Waals surface area contributed by atoms with Gasteiger partial charge in [0.1, 0.15) is 0 Å². The van der Waals surface area contributed by atoms with E-state index in [0.29, 0.717) is 0 Å². The summed E-state index contributed by atoms with van der Waals surface area (Å²) in [5.74, 6) is 5.38. The lowest BCUT2D eigenvalue weighted by Gasteiger charge is -2.39. The molecule has 6 unspecified atom stereocenters. The van der Waals surface area contributed by atoms with Crippen LogP contribution in [0.2, 0.25) is 51.4 Å². The average molecular weight is 449 g/mol. The van der Waals surface area contributed by atoms with Crippen LogP contribution in [0, 0.1) is 35.5 Å². The first kappa shape index (κ1) is 22.3. The van der Waals surface area contributed by atoms with Crippen LogP contribution in [-0.2, 0) is 8.23 Å². The van der Waals surface area contributed by atoms with Crippen molar-refractivity contribution in [3.63, 3.8) is 0 Å². The van der Waals surface area contributed by atoms with Crippen molar-refractivity contribution in [1.29, 1.82) is 0 Å². The van der Waals surface area contributed by atoms with Crippen molar-refractivity contribution in [2.75, 3.05) is 0 Å². The molecule has 2 fully saturated rings. The molecule has 0 heterocycles. The second-order valence-corrected chi connectivity index (χ2v) is 24.8. The van der Waals surface area contributed by atoms with Crippen LogP contribution in [0.1, 0.15) is 38.5 Å². The summed E-state index contributed by atoms with van der Waals surface area (Å²) < 4.78 is 13.8. The Hall–Kier alpha value is 0.0506. The van der Waals surface area contributed by atoms with Gasteiger partial charge in [-0.05, 0) is 113 Å². The van der Waals surface area contributed by atoms with E-state index in [2.05, 4.69) is 63.6 Å². The van der Waals surface area contributed by atoms with Gasteiger partial charge < -0.3 is 8.23 Å². The first-order valence-corrected chi connectivity index (χ1v) is 21.3. The van der Waals surface area contributed by atoms with E-state index in [0.717, 1.165) is 35.5 Å². The van der Waals surface area contributed by atoms with Crippen molar-refractivity contribution < 1.29 is 8.23 Å². The second-order valence-electron chi connectivity index (χ2n) is 12.3. The highest BCUT2D eigenvalue weighted by molar-refractivity contribution is 6.87. The van der Waals surface area contributed by atoms with Gasteiger partial charge in [-0.1, -0.05) is 37.1 Å². The fraction of sp³-hybridized carbons (Fsp3) is 0.833. The molecule has 0 N–H and O–H groups in total. The van der Waals surface area contributed by atoms with E-state index in [9.17, 15) is 0 Å². The molecule has 0 aliphatic heterocycles. The van der Waals surface area contributed by atoms with Crippen LogP contribution >= 0.6 is 0 Å². The van der Waals surface area contributed by atoms with Crippen molar-refractivity contribution >= 4 is 25.2 Å². The molecule has 29 heavy (non-hydrogen) atoms. The molecule has 0 aromatic rings. The van der Waals surface area contributed by atoms with Crippen LogP contribution in [0.15, 0.2) is 24.3 Å². The van der Waals surface area contributed by atoms with Crippen molar-refractivity contribution in [1.82, 2.24) is 0 Å². The first-order chi connectivity index (χ1) is 13.5. The molecule has 4 aliphatic rings. The highest BCUT2D eigenvalue weighted by Crippen LogP contribution is 2.47. The molecule has 4 aliphatic carbocycles. The highest BCUT2D eigenvalue weighted by atomic mass is 28.5. The number of allylic oxidation sites excluding steroid dienone is 4. The Morgan fingerprint density at radius 1 is 0.621 bits per heavy atom. The topological polar surface area (TPSA) is 18.5 Å². The molecule has 2 saturated carbocycles. The zero-order valence-electron chi connectivity index (χ0n) is 19.7. The number of hydrogen-bond donors (Lipinski definition) is 0. The molecule has 2 nitrogen and oxygen atoms in total. The van der Waals surface area contributed by atoms with E-state index in [1.54, 1.807) is 0 Å². The van der Waals surface area contributed by atoms with Crippen LogP contribution in [0.3, 0.4) is 0 Å². The van der Waals surface area contributed by atoms with Crippen molar-refractivity contribution in [3.05, 3.63) is 24.3 Å². The van der Waals surface area contributed by atoms with Crippen LogP contribution in [-0.4, -0.2) is 25.2 Å². The molecule has 5 heteroatoms. The van der Waals surface area contributed by atoms with Crippen LogP contribution < -0.4 is 0 Å². The maximum Gasteiger partial charge on any atom is 0.311 e. The summed E-state index contributed by atoms with van der Waals surface area (Å²) in [7, 11) is -5.40. The summed E-state index contributed by atoms with van der Waals surface area (Å²) in [6.07, 6.45) is 18.4. The van der Waals surface area contributed by atoms with Gasteiger partial charge in [0.05, 0.1) is 0 Å². The normalized spacial score (nSPS) is 35.9. The minimum Gasteiger partial charge on any atom is -0.437 e. The third-order valence-corrected chi connectivity index (χ3v) is 19.5. The largest absolute Gasteiger partial charge is 0.437 e. The van der Waals surface area contributed by atoms with Crippen molar-refractivity contribution in [2.45, 2.75) is 89.9 Å². The quantitative estimate of drug-likeness (QED) is 0.257. The Morgan fingerprint density at radius 3 is 1.34 bits per heavy atom. The first-order valence-electron chi connectivity index (χ1n) is 12.3. The Labute approximate surface area is 183 Å². The Kier molecular flexibility index (Phi) is 6.29. The molecular weight excluding hydrogens is 405 g/mol. The highest BCUT2D eigenvalue weighted by Gasteiger charge is 2.42. The number of rotatable bonds is 10. The lowest BCUT2D eigenvalue weighted by molar-refractivity contribution is 0.370. The molecule has 0 radical (unpaired) electrons. The van der Waals surface area contributed by atoms with E-state index in [4.69, 9.17) is 8.23 Å². The Bertz CT molecular complexity index is 601. The molecule has 0 spiro atoms. The zero-order chi connectivity index (χ0) is 20.9. The van der Waals surface area contributed by atoms with E-state index in [1.165, 1.54) is 50.6 Å². The Balaban J connectivity index is 1.23. The standard InChI is InChI=1S/C24H44O2Si3/c1-27(2,13-11-23-17-19-7-9-21(23)15-19)25-29(5,6)26-28(3,4)14-12-24-18-20-8-10-22(24)16-20/h7-10,19-24H,11-18H2,1-6H3. The summed E-state index contributed by atoms with van der Waals surface area (Å²) in [4.78, 5) is 0. The molecule has 4 rings (SSSR count). The van der Waals surface area contributed by atoms with Gasteiger partial charge >= 0.3 is 8.56 Å². The van der Waals surface area contributed by atoms with Gasteiger partial charge in [-0.25, -0.2) is 0 Å². The molecule has 0 aromatic heterocycles. The third-order valence-electron chi connectivity index (χ3n) is 8.11. The van der Waals surface area contributed by atoms with E-state index < -0.39 is 25.2 Å². The van der Waals surface area contributed by atoms with Gasteiger partial charge in [0, 0.05) is 0 Å². The molecule has 6 atom stereocenters. The summed E-state index contributed by atoms with van der Waals surface area (Å²) in [5.41, 5.74) is 0. The number of hydrogen-bond acceptors (Lipinski definition) is 2. The van der Waals surface area contributed by atoms with Crippen LogP contribution in [0.4, 0.5) is 0 Å². The third kappa shape index (κ3) is 5.65. The summed E-state index contributed by atoms with van der Waals surface area (Å²) >= 11 is 0. The summed E-state index contributed by atoms with van der Waals surface area (Å²) in [6.45, 7) is 14.4. The maximum atomic E-state index is 6.88. The van der Waals surface area contributed by atoms with E-state index >= 15 is 0 Å². The molecular formula is C24H44O2Si3. The summed E-state index contributed by atoms with van der Waals surface area (Å²) in [6, 6.07) is 2.60. The molecule has 0 aromatic carbocycles. The monoisotopic (exact) mass is 448 g/mol. The predicted octanol–water partition coefficient (Wildman–Crippen LogP) is 7.34. The minimum atomic E-state index is -2.07. The van der Waals surface area contributed by atoms with Crippen LogP contribution in [0.5, 0.6) is 0 Å². The SMILES string of the molecule is C[Si](C)(CCC1CC2C=CC1C2)O[Si](C)(C)O[Si](C)(C)CCC1CC2C=CC1C2. The fourth-order valence-electron chi connectivity index (χ4n) is 6.97. The number of fused-ring (bicyclic) bond motifs is 4. The van der Waals surface area contributed by atoms with E-state index in [-0.39, 0.29) is 0 Å². The molecule has 0 saturated heterocycles. The smallest absolute Gasteiger partial charge is 0.311 e.